The molecule has 1 aromatic carbocycles. The molecule has 1 saturated heterocycles. The molecular weight excluding hydrogens is 318 g/mol. The number of nitrogens with zero attached hydrogens (tertiary/aromatic N) is 2. The van der Waals surface area contributed by atoms with Crippen LogP contribution in [0.25, 0.3) is 0 Å². The molecule has 0 spiro atoms. The van der Waals surface area contributed by atoms with E-state index in [1.54, 1.807) is 0 Å². The van der Waals surface area contributed by atoms with E-state index in [1.165, 1.54) is 29.2 Å². The number of carboxylic acid groups (broad SMARTS) is 2. The summed E-state index contributed by atoms with van der Waals surface area (Å²) in [5.74, 6) is -2.67. The van der Waals surface area contributed by atoms with Crippen molar-refractivity contribution in [1.82, 2.24) is 9.80 Å². The lowest BCUT2D eigenvalue weighted by Gasteiger charge is -2.34. The topological polar surface area (TPSA) is 141 Å². The number of imide groups is 1. The summed E-state index contributed by atoms with van der Waals surface area (Å²) in [5, 5.41) is 17.7. The van der Waals surface area contributed by atoms with Crippen LogP contribution >= 0.6 is 0 Å². The predicted molar refractivity (Wildman–Crippen MR) is 81.1 cm³/mol. The maximum absolute atomic E-state index is 12.4. The molecule has 1 aliphatic rings. The van der Waals surface area contributed by atoms with Gasteiger partial charge in [-0.2, -0.15) is 0 Å². The van der Waals surface area contributed by atoms with Gasteiger partial charge >= 0.3 is 18.0 Å². The Morgan fingerprint density at radius 3 is 2.33 bits per heavy atom. The number of rotatable bonds is 6. The smallest absolute Gasteiger partial charge is 0.335 e. The van der Waals surface area contributed by atoms with Gasteiger partial charge in [0.25, 0.3) is 0 Å². The second kappa shape index (κ2) is 7.09. The summed E-state index contributed by atoms with van der Waals surface area (Å²) in [6, 6.07) is 3.98. The van der Waals surface area contributed by atoms with Gasteiger partial charge in [-0.15, -0.1) is 0 Å². The highest BCUT2D eigenvalue weighted by Gasteiger charge is 2.33. The number of carboxylic acids is 2. The molecule has 0 aromatic heterocycles. The standard InChI is InChI=1S/C15H17N3O6/c16-11(14(22)23)8-17-6-5-12(19)18(15(17)24)7-9-1-3-10(4-2-9)13(20)21/h1-4,11H,5-8,16H2,(H,20,21)(H,22,23)/t11-/m0/s1. The van der Waals surface area contributed by atoms with Crippen molar-refractivity contribution in [3.63, 3.8) is 0 Å². The van der Waals surface area contributed by atoms with Gasteiger partial charge in [-0.1, -0.05) is 12.1 Å². The summed E-state index contributed by atoms with van der Waals surface area (Å²) in [5.41, 5.74) is 6.12. The van der Waals surface area contributed by atoms with Crippen LogP contribution in [0, 0.1) is 0 Å². The Bertz CT molecular complexity index is 672. The highest BCUT2D eigenvalue weighted by molar-refractivity contribution is 5.97. The first-order valence-corrected chi connectivity index (χ1v) is 7.19. The van der Waals surface area contributed by atoms with E-state index in [0.29, 0.717) is 5.56 Å². The fourth-order valence-corrected chi connectivity index (χ4v) is 2.31. The van der Waals surface area contributed by atoms with E-state index in [1.807, 2.05) is 0 Å². The molecule has 9 heteroatoms. The van der Waals surface area contributed by atoms with Crippen LogP contribution < -0.4 is 5.73 Å². The van der Waals surface area contributed by atoms with Gasteiger partial charge in [0.15, 0.2) is 0 Å². The van der Waals surface area contributed by atoms with Gasteiger partial charge in [0.1, 0.15) is 6.04 Å². The lowest BCUT2D eigenvalue weighted by atomic mass is 10.1. The first kappa shape index (κ1) is 17.4. The Kier molecular flexibility index (Phi) is 5.14. The van der Waals surface area contributed by atoms with Crippen LogP contribution in [0.15, 0.2) is 24.3 Å². The SMILES string of the molecule is N[C@@H](CN1CCC(=O)N(Cc2ccc(C(=O)O)cc2)C1=O)C(=O)O. The summed E-state index contributed by atoms with van der Waals surface area (Å²) >= 11 is 0. The van der Waals surface area contributed by atoms with E-state index in [-0.39, 0.29) is 37.5 Å². The normalized spacial score (nSPS) is 16.2. The van der Waals surface area contributed by atoms with Crippen LogP contribution in [0.5, 0.6) is 0 Å². The van der Waals surface area contributed by atoms with Gasteiger partial charge in [-0.3, -0.25) is 14.5 Å². The van der Waals surface area contributed by atoms with Crippen molar-refractivity contribution in [1.29, 1.82) is 0 Å². The maximum Gasteiger partial charge on any atom is 0.335 e. The fourth-order valence-electron chi connectivity index (χ4n) is 2.31. The van der Waals surface area contributed by atoms with Crippen LogP contribution in [0.2, 0.25) is 0 Å². The molecule has 1 heterocycles. The first-order valence-electron chi connectivity index (χ1n) is 7.19. The van der Waals surface area contributed by atoms with Crippen LogP contribution in [0.1, 0.15) is 22.3 Å². The van der Waals surface area contributed by atoms with E-state index in [4.69, 9.17) is 15.9 Å². The zero-order chi connectivity index (χ0) is 17.9. The van der Waals surface area contributed by atoms with Crippen molar-refractivity contribution in [2.24, 2.45) is 5.73 Å². The zero-order valence-corrected chi connectivity index (χ0v) is 12.7. The first-order chi connectivity index (χ1) is 11.3. The van der Waals surface area contributed by atoms with Crippen molar-refractivity contribution in [3.8, 4) is 0 Å². The highest BCUT2D eigenvalue weighted by Crippen LogP contribution is 2.16. The molecule has 4 N–H and O–H groups in total. The third kappa shape index (κ3) is 3.87. The lowest BCUT2D eigenvalue weighted by molar-refractivity contribution is -0.138. The molecule has 0 aliphatic carbocycles. The van der Waals surface area contributed by atoms with Crippen molar-refractivity contribution >= 4 is 23.9 Å². The minimum absolute atomic E-state index is 0.0175. The van der Waals surface area contributed by atoms with Crippen molar-refractivity contribution < 1.29 is 29.4 Å². The second-order valence-corrected chi connectivity index (χ2v) is 5.41. The van der Waals surface area contributed by atoms with E-state index < -0.39 is 24.0 Å². The molecule has 1 atom stereocenters. The molecule has 3 amide bonds. The number of urea groups is 1. The Morgan fingerprint density at radius 2 is 1.79 bits per heavy atom. The number of aromatic carboxylic acids is 1. The molecule has 0 unspecified atom stereocenters. The zero-order valence-electron chi connectivity index (χ0n) is 12.7. The molecule has 2 rings (SSSR count). The number of amides is 3. The number of carbonyl (C=O) groups excluding carboxylic acids is 2. The Hall–Kier alpha value is -2.94. The molecule has 24 heavy (non-hydrogen) atoms. The number of hydrogen-bond acceptors (Lipinski definition) is 5. The number of aliphatic carboxylic acids is 1. The minimum Gasteiger partial charge on any atom is -0.480 e. The van der Waals surface area contributed by atoms with Gasteiger partial charge < -0.3 is 20.8 Å². The largest absolute Gasteiger partial charge is 0.480 e. The van der Waals surface area contributed by atoms with Crippen molar-refractivity contribution in [2.45, 2.75) is 19.0 Å². The third-order valence-corrected chi connectivity index (χ3v) is 3.67. The summed E-state index contributed by atoms with van der Waals surface area (Å²) in [4.78, 5) is 48.2. The van der Waals surface area contributed by atoms with Crippen LogP contribution in [0.3, 0.4) is 0 Å². The summed E-state index contributed by atoms with van der Waals surface area (Å²) in [6.45, 7) is -0.0840. The quantitative estimate of drug-likeness (QED) is 0.661. The molecule has 0 bridgehead atoms. The molecule has 1 aliphatic heterocycles. The molecule has 128 valence electrons. The van der Waals surface area contributed by atoms with E-state index >= 15 is 0 Å². The number of carbonyl (C=O) groups is 4. The molecule has 9 nitrogen and oxygen atoms in total. The van der Waals surface area contributed by atoms with Gasteiger partial charge in [0, 0.05) is 19.5 Å². The van der Waals surface area contributed by atoms with Crippen LogP contribution in [0.4, 0.5) is 4.79 Å². The van der Waals surface area contributed by atoms with E-state index in [9.17, 15) is 19.2 Å². The highest BCUT2D eigenvalue weighted by atomic mass is 16.4. The fraction of sp³-hybridized carbons (Fsp3) is 0.333. The average molecular weight is 335 g/mol. The maximum atomic E-state index is 12.4. The van der Waals surface area contributed by atoms with E-state index in [2.05, 4.69) is 0 Å². The summed E-state index contributed by atoms with van der Waals surface area (Å²) < 4.78 is 0. The Morgan fingerprint density at radius 1 is 1.17 bits per heavy atom. The summed E-state index contributed by atoms with van der Waals surface area (Å²) in [7, 11) is 0. The summed E-state index contributed by atoms with van der Waals surface area (Å²) in [6.07, 6.45) is 0.0747. The Balaban J connectivity index is 2.09. The Labute approximate surface area is 137 Å². The van der Waals surface area contributed by atoms with Gasteiger partial charge in [-0.05, 0) is 17.7 Å². The third-order valence-electron chi connectivity index (χ3n) is 3.67. The molecule has 1 aromatic rings. The van der Waals surface area contributed by atoms with Crippen molar-refractivity contribution in [3.05, 3.63) is 35.4 Å². The average Bonchev–Trinajstić information content (AvgIpc) is 2.54. The number of benzene rings is 1. The van der Waals surface area contributed by atoms with Gasteiger partial charge in [0.2, 0.25) is 5.91 Å². The number of hydrogen-bond donors (Lipinski definition) is 3. The molecular formula is C15H17N3O6. The van der Waals surface area contributed by atoms with Gasteiger partial charge in [0.05, 0.1) is 12.1 Å². The van der Waals surface area contributed by atoms with Gasteiger partial charge in [-0.25, -0.2) is 9.59 Å². The minimum atomic E-state index is -1.23. The van der Waals surface area contributed by atoms with E-state index in [0.717, 1.165) is 4.90 Å². The molecule has 1 fully saturated rings. The van der Waals surface area contributed by atoms with Crippen LogP contribution in [-0.4, -0.2) is 63.0 Å². The predicted octanol–water partition coefficient (Wildman–Crippen LogP) is -0.0490. The monoisotopic (exact) mass is 335 g/mol. The van der Waals surface area contributed by atoms with Crippen molar-refractivity contribution in [2.75, 3.05) is 13.1 Å². The number of nitrogens with two attached hydrogens (primary N) is 1. The molecule has 0 radical (unpaired) electrons. The molecule has 0 saturated carbocycles. The lowest BCUT2D eigenvalue weighted by Crippen LogP contribution is -2.55. The van der Waals surface area contributed by atoms with Crippen LogP contribution in [-0.2, 0) is 16.1 Å². The second-order valence-electron chi connectivity index (χ2n) is 5.41.